The zero-order valence-electron chi connectivity index (χ0n) is 13.9. The zero-order valence-corrected chi connectivity index (χ0v) is 14.7. The van der Waals surface area contributed by atoms with E-state index in [1.807, 2.05) is 17.8 Å². The van der Waals surface area contributed by atoms with Crippen LogP contribution in [0.3, 0.4) is 0 Å². The van der Waals surface area contributed by atoms with Crippen LogP contribution in [0, 0.1) is 6.92 Å². The summed E-state index contributed by atoms with van der Waals surface area (Å²) in [5.41, 5.74) is 0.943. The van der Waals surface area contributed by atoms with Crippen molar-refractivity contribution in [1.29, 1.82) is 0 Å². The van der Waals surface area contributed by atoms with Gasteiger partial charge in [-0.15, -0.1) is 0 Å². The maximum atomic E-state index is 13.3. The van der Waals surface area contributed by atoms with Crippen LogP contribution in [0.4, 0.5) is 0 Å². The first-order chi connectivity index (χ1) is 12.0. The topological polar surface area (TPSA) is 106 Å². The molecule has 1 fully saturated rings. The predicted molar refractivity (Wildman–Crippen MR) is 89.3 cm³/mol. The number of piperazine rings is 1. The van der Waals surface area contributed by atoms with Crippen LogP contribution in [0.2, 0.25) is 0 Å². The summed E-state index contributed by atoms with van der Waals surface area (Å²) < 4.78 is 34.9. The summed E-state index contributed by atoms with van der Waals surface area (Å²) in [6.07, 6.45) is 4.80. The molecule has 0 spiro atoms. The Morgan fingerprint density at radius 1 is 1.36 bits per heavy atom. The molecule has 3 aromatic rings. The molecule has 1 unspecified atom stereocenters. The van der Waals surface area contributed by atoms with E-state index in [1.165, 1.54) is 10.5 Å². The van der Waals surface area contributed by atoms with Gasteiger partial charge in [0.1, 0.15) is 10.7 Å². The molecule has 25 heavy (non-hydrogen) atoms. The quantitative estimate of drug-likeness (QED) is 0.727. The molecule has 0 aliphatic carbocycles. The molecule has 1 saturated heterocycles. The van der Waals surface area contributed by atoms with E-state index in [9.17, 15) is 8.42 Å². The Bertz CT molecular complexity index is 1020. The van der Waals surface area contributed by atoms with E-state index in [-0.39, 0.29) is 10.9 Å². The second-order valence-corrected chi connectivity index (χ2v) is 7.91. The normalized spacial score (nSPS) is 19.5. The maximum absolute atomic E-state index is 13.3. The number of pyridine rings is 1. The lowest BCUT2D eigenvalue weighted by atomic mass is 10.2. The molecule has 1 N–H and O–H groups in total. The standard InChI is InChI=1S/C15H18N6O3S/c1-10-12-7-11(8-18-15(12)24-19-10)25(22,23)21-6-3-16-9-13(21)14-17-4-5-20(14)2/h4-5,7-8,13,16H,3,6,9H2,1-2H3. The number of imidazole rings is 1. The number of nitrogens with zero attached hydrogens (tertiary/aromatic N) is 5. The largest absolute Gasteiger partial charge is 0.337 e. The Labute approximate surface area is 144 Å². The average Bonchev–Trinajstić information content (AvgIpc) is 3.20. The van der Waals surface area contributed by atoms with Crippen LogP contribution in [-0.4, -0.2) is 52.0 Å². The third kappa shape index (κ3) is 2.62. The number of aryl methyl sites for hydroxylation is 2. The van der Waals surface area contributed by atoms with Gasteiger partial charge in [0, 0.05) is 39.1 Å². The van der Waals surface area contributed by atoms with E-state index in [0.717, 1.165) is 0 Å². The molecule has 132 valence electrons. The fourth-order valence-electron chi connectivity index (χ4n) is 3.09. The van der Waals surface area contributed by atoms with Gasteiger partial charge >= 0.3 is 0 Å². The summed E-state index contributed by atoms with van der Waals surface area (Å²) in [5.74, 6) is 0.700. The second-order valence-electron chi connectivity index (χ2n) is 6.02. The van der Waals surface area contributed by atoms with Gasteiger partial charge < -0.3 is 14.4 Å². The fourth-order valence-corrected chi connectivity index (χ4v) is 4.65. The summed E-state index contributed by atoms with van der Waals surface area (Å²) in [6.45, 7) is 3.21. The highest BCUT2D eigenvalue weighted by Gasteiger charge is 2.36. The average molecular weight is 362 g/mol. The number of rotatable bonds is 3. The molecule has 0 amide bonds. The van der Waals surface area contributed by atoms with Crippen LogP contribution in [-0.2, 0) is 17.1 Å². The van der Waals surface area contributed by atoms with E-state index in [2.05, 4.69) is 20.4 Å². The van der Waals surface area contributed by atoms with E-state index in [0.29, 0.717) is 42.3 Å². The maximum Gasteiger partial charge on any atom is 0.257 e. The molecule has 1 aliphatic heterocycles. The molecule has 1 atom stereocenters. The monoisotopic (exact) mass is 362 g/mol. The second kappa shape index (κ2) is 5.90. The third-order valence-electron chi connectivity index (χ3n) is 4.44. The van der Waals surface area contributed by atoms with Gasteiger partial charge in [-0.05, 0) is 13.0 Å². The van der Waals surface area contributed by atoms with Crippen molar-refractivity contribution in [3.63, 3.8) is 0 Å². The van der Waals surface area contributed by atoms with E-state index in [1.54, 1.807) is 19.2 Å². The molecule has 3 aromatic heterocycles. The van der Waals surface area contributed by atoms with Crippen LogP contribution in [0.15, 0.2) is 34.1 Å². The number of hydrogen-bond donors (Lipinski definition) is 1. The number of hydrogen-bond acceptors (Lipinski definition) is 7. The Hall–Kier alpha value is -2.30. The lowest BCUT2D eigenvalue weighted by Gasteiger charge is -2.34. The zero-order chi connectivity index (χ0) is 17.6. The van der Waals surface area contributed by atoms with Crippen LogP contribution in [0.5, 0.6) is 0 Å². The van der Waals surface area contributed by atoms with Crippen LogP contribution >= 0.6 is 0 Å². The summed E-state index contributed by atoms with van der Waals surface area (Å²) >= 11 is 0. The molecule has 10 heteroatoms. The summed E-state index contributed by atoms with van der Waals surface area (Å²) in [4.78, 5) is 8.56. The fraction of sp³-hybridized carbons (Fsp3) is 0.400. The van der Waals surface area contributed by atoms with Crippen molar-refractivity contribution in [1.82, 2.24) is 29.3 Å². The Morgan fingerprint density at radius 2 is 2.20 bits per heavy atom. The van der Waals surface area contributed by atoms with Gasteiger partial charge in [0.05, 0.1) is 23.3 Å². The Balaban J connectivity index is 1.78. The van der Waals surface area contributed by atoms with Crippen LogP contribution in [0.25, 0.3) is 11.1 Å². The number of fused-ring (bicyclic) bond motifs is 1. The lowest BCUT2D eigenvalue weighted by Crippen LogP contribution is -2.49. The highest BCUT2D eigenvalue weighted by molar-refractivity contribution is 7.89. The van der Waals surface area contributed by atoms with Gasteiger partial charge in [0.2, 0.25) is 10.0 Å². The highest BCUT2D eigenvalue weighted by Crippen LogP contribution is 2.29. The minimum absolute atomic E-state index is 0.132. The van der Waals surface area contributed by atoms with Crippen LogP contribution < -0.4 is 5.32 Å². The molecule has 0 saturated carbocycles. The van der Waals surface area contributed by atoms with Crippen molar-refractivity contribution >= 4 is 21.1 Å². The number of aromatic nitrogens is 4. The molecule has 0 bridgehead atoms. The van der Waals surface area contributed by atoms with Gasteiger partial charge in [-0.2, -0.15) is 4.31 Å². The molecule has 0 aromatic carbocycles. The predicted octanol–water partition coefficient (Wildman–Crippen LogP) is 0.600. The van der Waals surface area contributed by atoms with E-state index in [4.69, 9.17) is 4.52 Å². The first-order valence-electron chi connectivity index (χ1n) is 7.90. The van der Waals surface area contributed by atoms with Gasteiger partial charge in [-0.1, -0.05) is 5.16 Å². The van der Waals surface area contributed by atoms with E-state index < -0.39 is 10.0 Å². The third-order valence-corrected chi connectivity index (χ3v) is 6.32. The van der Waals surface area contributed by atoms with Crippen molar-refractivity contribution < 1.29 is 12.9 Å². The van der Waals surface area contributed by atoms with Crippen molar-refractivity contribution in [2.75, 3.05) is 19.6 Å². The summed E-state index contributed by atoms with van der Waals surface area (Å²) in [6, 6.07) is 1.19. The highest BCUT2D eigenvalue weighted by atomic mass is 32.2. The molecule has 9 nitrogen and oxygen atoms in total. The SMILES string of the molecule is Cc1noc2ncc(S(=O)(=O)N3CCNCC3c3nccn3C)cc12. The van der Waals surface area contributed by atoms with Crippen LogP contribution in [0.1, 0.15) is 17.6 Å². The van der Waals surface area contributed by atoms with Crippen molar-refractivity contribution in [3.05, 3.63) is 36.2 Å². The minimum atomic E-state index is -3.73. The Morgan fingerprint density at radius 3 is 2.96 bits per heavy atom. The number of sulfonamides is 1. The smallest absolute Gasteiger partial charge is 0.257 e. The molecular weight excluding hydrogens is 344 g/mol. The van der Waals surface area contributed by atoms with Crippen molar-refractivity contribution in [2.45, 2.75) is 17.9 Å². The van der Waals surface area contributed by atoms with Gasteiger partial charge in [-0.25, -0.2) is 18.4 Å². The van der Waals surface area contributed by atoms with E-state index >= 15 is 0 Å². The van der Waals surface area contributed by atoms with Crippen molar-refractivity contribution in [3.8, 4) is 0 Å². The number of nitrogens with one attached hydrogen (secondary N) is 1. The molecule has 4 rings (SSSR count). The van der Waals surface area contributed by atoms with Gasteiger partial charge in [0.25, 0.3) is 5.71 Å². The first-order valence-corrected chi connectivity index (χ1v) is 9.34. The van der Waals surface area contributed by atoms with Gasteiger partial charge in [0.15, 0.2) is 0 Å². The summed E-state index contributed by atoms with van der Waals surface area (Å²) in [5, 5.41) is 7.67. The molecule has 1 aliphatic rings. The van der Waals surface area contributed by atoms with Gasteiger partial charge in [-0.3, -0.25) is 0 Å². The minimum Gasteiger partial charge on any atom is -0.337 e. The Kier molecular flexibility index (Phi) is 3.82. The molecular formula is C15H18N6O3S. The summed E-state index contributed by atoms with van der Waals surface area (Å²) in [7, 11) is -1.88. The van der Waals surface area contributed by atoms with Crippen molar-refractivity contribution in [2.24, 2.45) is 7.05 Å². The lowest BCUT2D eigenvalue weighted by molar-refractivity contribution is 0.258. The first kappa shape index (κ1) is 16.2. The molecule has 4 heterocycles. The molecule has 0 radical (unpaired) electrons.